The topological polar surface area (TPSA) is 156 Å². The average molecular weight is 318 g/mol. The zero-order valence-electron chi connectivity index (χ0n) is 12.5. The Morgan fingerprint density at radius 1 is 1.19 bits per heavy atom. The molecule has 0 bridgehead atoms. The van der Waals surface area contributed by atoms with E-state index in [1.54, 1.807) is 12.1 Å². The van der Waals surface area contributed by atoms with Gasteiger partial charge in [-0.2, -0.15) is 8.42 Å². The maximum absolute atomic E-state index is 10.5. The van der Waals surface area contributed by atoms with Crippen molar-refractivity contribution in [2.45, 2.75) is 38.0 Å². The van der Waals surface area contributed by atoms with Crippen LogP contribution in [-0.4, -0.2) is 25.5 Å². The summed E-state index contributed by atoms with van der Waals surface area (Å²) < 4.78 is 29.6. The number of aryl methyl sites for hydroxylation is 1. The van der Waals surface area contributed by atoms with Gasteiger partial charge in [-0.3, -0.25) is 9.96 Å². The molecule has 0 saturated heterocycles. The highest BCUT2D eigenvalue weighted by atomic mass is 32.2. The van der Waals surface area contributed by atoms with Gasteiger partial charge >= 0.3 is 0 Å². The van der Waals surface area contributed by atoms with Gasteiger partial charge in [0.1, 0.15) is 0 Å². The number of nitrogens with one attached hydrogen (secondary N) is 1. The van der Waals surface area contributed by atoms with Crippen molar-refractivity contribution in [1.29, 1.82) is 5.41 Å². The normalized spacial score (nSPS) is 9.71. The Balaban J connectivity index is 0. The Morgan fingerprint density at radius 2 is 1.62 bits per heavy atom. The third-order valence-electron chi connectivity index (χ3n) is 2.13. The summed E-state index contributed by atoms with van der Waals surface area (Å²) in [6.07, 6.45) is 3.75. The number of benzene rings is 1. The second-order valence-electron chi connectivity index (χ2n) is 4.24. The fourth-order valence-corrected chi connectivity index (χ4v) is 1.58. The zero-order chi connectivity index (χ0) is 16.9. The van der Waals surface area contributed by atoms with E-state index in [1.807, 2.05) is 6.92 Å². The van der Waals surface area contributed by atoms with Gasteiger partial charge in [0.05, 0.1) is 4.90 Å². The highest BCUT2D eigenvalue weighted by Crippen LogP contribution is 2.08. The minimum atomic E-state index is -4.02. The average Bonchev–Trinajstić information content (AvgIpc) is 2.36. The van der Waals surface area contributed by atoms with Crippen LogP contribution < -0.4 is 17.2 Å². The predicted octanol–water partition coefficient (Wildman–Crippen LogP) is 1.22. The van der Waals surface area contributed by atoms with Crippen molar-refractivity contribution >= 4 is 16.1 Å². The van der Waals surface area contributed by atoms with E-state index in [9.17, 15) is 8.42 Å². The lowest BCUT2D eigenvalue weighted by molar-refractivity contribution is 0.483. The van der Waals surface area contributed by atoms with Gasteiger partial charge in [0.15, 0.2) is 5.96 Å². The minimum Gasteiger partial charge on any atom is -0.370 e. The minimum absolute atomic E-state index is 0.0666. The molecule has 1 rings (SSSR count). The molecule has 122 valence electrons. The van der Waals surface area contributed by atoms with E-state index in [4.69, 9.17) is 15.7 Å². The Kier molecular flexibility index (Phi) is 12.5. The molecule has 0 radical (unpaired) electrons. The summed E-state index contributed by atoms with van der Waals surface area (Å²) in [5.41, 5.74) is 15.1. The molecule has 0 aliphatic heterocycles. The number of rotatable bonds is 4. The second-order valence-corrected chi connectivity index (χ2v) is 5.66. The second kappa shape index (κ2) is 12.1. The van der Waals surface area contributed by atoms with Crippen LogP contribution in [0, 0.1) is 12.3 Å². The fraction of sp³-hybridized carbons (Fsp3) is 0.462. The van der Waals surface area contributed by atoms with Crippen LogP contribution in [0.15, 0.2) is 29.2 Å². The summed E-state index contributed by atoms with van der Waals surface area (Å²) in [7, 11) is -4.02. The van der Waals surface area contributed by atoms with Crippen LogP contribution in [0.2, 0.25) is 0 Å². The van der Waals surface area contributed by atoms with Crippen molar-refractivity contribution in [1.82, 2.24) is 0 Å². The van der Waals surface area contributed by atoms with Crippen LogP contribution in [-0.2, 0) is 10.1 Å². The van der Waals surface area contributed by atoms with E-state index in [1.165, 1.54) is 31.4 Å². The Bertz CT molecular complexity index is 479. The van der Waals surface area contributed by atoms with Gasteiger partial charge in [0.25, 0.3) is 10.1 Å². The summed E-state index contributed by atoms with van der Waals surface area (Å²) in [5.74, 6) is -0.333. The highest BCUT2D eigenvalue weighted by Gasteiger charge is 2.06. The molecule has 0 aliphatic carbocycles. The smallest absolute Gasteiger partial charge is 0.294 e. The molecule has 0 aliphatic rings. The Labute approximate surface area is 126 Å². The molecule has 0 amide bonds. The molecule has 0 saturated carbocycles. The van der Waals surface area contributed by atoms with Crippen LogP contribution >= 0.6 is 0 Å². The maximum Gasteiger partial charge on any atom is 0.294 e. The highest BCUT2D eigenvalue weighted by molar-refractivity contribution is 7.85. The van der Waals surface area contributed by atoms with E-state index >= 15 is 0 Å². The molecular formula is C13H26N4O3S. The fourth-order valence-electron chi connectivity index (χ4n) is 1.10. The standard InChI is InChI=1S/C7H8O3S.C5H13N.CH5N3/c1-6-2-4-7(5-3-6)11(8,9)10;1-2-3-4-5-6;2-1(3)4/h2-5H,1H3,(H,8,9,10);2-6H2,1H3;(H5,2,3,4). The summed E-state index contributed by atoms with van der Waals surface area (Å²) in [5, 5.41) is 6.06. The van der Waals surface area contributed by atoms with Crippen LogP contribution in [0.4, 0.5) is 0 Å². The van der Waals surface area contributed by atoms with Gasteiger partial charge in [-0.25, -0.2) is 0 Å². The SMILES string of the molecule is CCCCCN.Cc1ccc(S(=O)(=O)O)cc1.N=C(N)N. The molecule has 0 spiro atoms. The van der Waals surface area contributed by atoms with Crippen LogP contribution in [0.25, 0.3) is 0 Å². The number of guanidine groups is 1. The molecule has 0 atom stereocenters. The maximum atomic E-state index is 10.5. The Hall–Kier alpha value is -1.64. The van der Waals surface area contributed by atoms with Crippen LogP contribution in [0.1, 0.15) is 31.7 Å². The molecular weight excluding hydrogens is 292 g/mol. The molecule has 1 aromatic carbocycles. The molecule has 0 fully saturated rings. The summed E-state index contributed by atoms with van der Waals surface area (Å²) in [6.45, 7) is 4.87. The lowest BCUT2D eigenvalue weighted by Gasteiger charge is -1.95. The van der Waals surface area contributed by atoms with E-state index in [0.717, 1.165) is 12.1 Å². The van der Waals surface area contributed by atoms with E-state index < -0.39 is 10.1 Å². The number of hydrogen-bond acceptors (Lipinski definition) is 4. The molecule has 0 heterocycles. The third-order valence-corrected chi connectivity index (χ3v) is 2.99. The summed E-state index contributed by atoms with van der Waals surface area (Å²) in [6, 6.07) is 5.99. The number of unbranched alkanes of at least 4 members (excludes halogenated alkanes) is 2. The largest absolute Gasteiger partial charge is 0.370 e. The van der Waals surface area contributed by atoms with Crippen molar-refractivity contribution < 1.29 is 13.0 Å². The van der Waals surface area contributed by atoms with Crippen molar-refractivity contribution in [2.24, 2.45) is 17.2 Å². The predicted molar refractivity (Wildman–Crippen MR) is 85.7 cm³/mol. The van der Waals surface area contributed by atoms with Gasteiger partial charge in [-0.15, -0.1) is 0 Å². The number of hydrogen-bond donors (Lipinski definition) is 5. The van der Waals surface area contributed by atoms with Crippen LogP contribution in [0.5, 0.6) is 0 Å². The Morgan fingerprint density at radius 3 is 1.86 bits per heavy atom. The molecule has 0 unspecified atom stereocenters. The molecule has 7 nitrogen and oxygen atoms in total. The van der Waals surface area contributed by atoms with Crippen molar-refractivity contribution in [3.05, 3.63) is 29.8 Å². The van der Waals surface area contributed by atoms with Gasteiger partial charge in [-0.05, 0) is 32.0 Å². The summed E-state index contributed by atoms with van der Waals surface area (Å²) in [4.78, 5) is -0.0666. The quantitative estimate of drug-likeness (QED) is 0.243. The van der Waals surface area contributed by atoms with E-state index in [2.05, 4.69) is 18.4 Å². The molecule has 1 aromatic rings. The van der Waals surface area contributed by atoms with Crippen molar-refractivity contribution in [3.63, 3.8) is 0 Å². The molecule has 8 N–H and O–H groups in total. The third kappa shape index (κ3) is 16.3. The van der Waals surface area contributed by atoms with E-state index in [-0.39, 0.29) is 10.9 Å². The lowest BCUT2D eigenvalue weighted by Crippen LogP contribution is -2.20. The van der Waals surface area contributed by atoms with Crippen molar-refractivity contribution in [2.75, 3.05) is 6.54 Å². The summed E-state index contributed by atoms with van der Waals surface area (Å²) >= 11 is 0. The first-order valence-electron chi connectivity index (χ1n) is 6.48. The lowest BCUT2D eigenvalue weighted by atomic mass is 10.2. The molecule has 0 aromatic heterocycles. The van der Waals surface area contributed by atoms with Gasteiger partial charge in [0.2, 0.25) is 0 Å². The van der Waals surface area contributed by atoms with Crippen molar-refractivity contribution in [3.8, 4) is 0 Å². The van der Waals surface area contributed by atoms with Gasteiger partial charge in [-0.1, -0.05) is 37.5 Å². The zero-order valence-corrected chi connectivity index (χ0v) is 13.4. The van der Waals surface area contributed by atoms with Gasteiger partial charge in [0, 0.05) is 0 Å². The molecule has 21 heavy (non-hydrogen) atoms. The number of nitrogens with two attached hydrogens (primary N) is 3. The van der Waals surface area contributed by atoms with Gasteiger partial charge < -0.3 is 17.2 Å². The molecule has 8 heteroatoms. The first kappa shape index (κ1) is 21.7. The first-order valence-corrected chi connectivity index (χ1v) is 7.92. The monoisotopic (exact) mass is 318 g/mol. The first-order chi connectivity index (χ1) is 9.65. The van der Waals surface area contributed by atoms with E-state index in [0.29, 0.717) is 0 Å². The van der Waals surface area contributed by atoms with Crippen LogP contribution in [0.3, 0.4) is 0 Å².